The average molecular weight is 460 g/mol. The second-order valence-electron chi connectivity index (χ2n) is 6.23. The minimum atomic E-state index is -1.63. The van der Waals surface area contributed by atoms with E-state index in [0.29, 0.717) is 0 Å². The number of hydrogen-bond donors (Lipinski definition) is 3. The SMILES string of the molecule is CC(=O)Oc1c(C(=O)O)cc(-c2cnc(C(N)=O)c(C(N)=O)n2)c(OC(C)=O)c1OC(C)=O. The van der Waals surface area contributed by atoms with Crippen LogP contribution in [0.15, 0.2) is 12.3 Å². The zero-order valence-corrected chi connectivity index (χ0v) is 17.3. The molecule has 2 aromatic rings. The van der Waals surface area contributed by atoms with Crippen molar-refractivity contribution in [3.63, 3.8) is 0 Å². The highest BCUT2D eigenvalue weighted by atomic mass is 16.6. The zero-order chi connectivity index (χ0) is 25.0. The summed E-state index contributed by atoms with van der Waals surface area (Å²) < 4.78 is 15.0. The van der Waals surface area contributed by atoms with Gasteiger partial charge in [0.05, 0.1) is 11.9 Å². The van der Waals surface area contributed by atoms with Gasteiger partial charge in [0.2, 0.25) is 5.75 Å². The van der Waals surface area contributed by atoms with Crippen LogP contribution < -0.4 is 25.7 Å². The number of ether oxygens (including phenoxy) is 3. The maximum atomic E-state index is 11.9. The maximum Gasteiger partial charge on any atom is 0.339 e. The van der Waals surface area contributed by atoms with Gasteiger partial charge >= 0.3 is 23.9 Å². The molecule has 0 saturated carbocycles. The number of aromatic carboxylic acids is 1. The monoisotopic (exact) mass is 460 g/mol. The van der Waals surface area contributed by atoms with Crippen molar-refractivity contribution in [1.29, 1.82) is 0 Å². The fraction of sp³-hybridized carbons (Fsp3) is 0.158. The van der Waals surface area contributed by atoms with Gasteiger partial charge in [-0.3, -0.25) is 24.0 Å². The lowest BCUT2D eigenvalue weighted by Gasteiger charge is -2.18. The molecule has 1 aromatic carbocycles. The van der Waals surface area contributed by atoms with Crippen LogP contribution in [0, 0.1) is 0 Å². The van der Waals surface area contributed by atoms with E-state index in [4.69, 9.17) is 25.7 Å². The molecule has 0 bridgehead atoms. The second kappa shape index (κ2) is 9.51. The van der Waals surface area contributed by atoms with Gasteiger partial charge in [0.15, 0.2) is 22.9 Å². The number of nitrogens with zero attached hydrogens (tertiary/aromatic N) is 2. The van der Waals surface area contributed by atoms with Crippen LogP contribution in [0.4, 0.5) is 0 Å². The molecule has 0 fully saturated rings. The van der Waals surface area contributed by atoms with Crippen molar-refractivity contribution < 1.29 is 48.1 Å². The van der Waals surface area contributed by atoms with Crippen LogP contribution in [-0.2, 0) is 14.4 Å². The summed E-state index contributed by atoms with van der Waals surface area (Å²) >= 11 is 0. The van der Waals surface area contributed by atoms with E-state index in [1.807, 2.05) is 0 Å². The summed E-state index contributed by atoms with van der Waals surface area (Å²) in [6.07, 6.45) is 0.906. The van der Waals surface area contributed by atoms with Crippen LogP contribution in [0.25, 0.3) is 11.3 Å². The Bertz CT molecular complexity index is 1220. The number of carboxylic acid groups (broad SMARTS) is 1. The Morgan fingerprint density at radius 3 is 1.73 bits per heavy atom. The van der Waals surface area contributed by atoms with Crippen LogP contribution in [0.2, 0.25) is 0 Å². The summed E-state index contributed by atoms with van der Waals surface area (Å²) in [6, 6.07) is 0.866. The Balaban J connectivity index is 3.03. The molecule has 14 nitrogen and oxygen atoms in total. The number of carbonyl (C=O) groups is 6. The largest absolute Gasteiger partial charge is 0.478 e. The summed E-state index contributed by atoms with van der Waals surface area (Å²) in [5.41, 5.74) is 7.77. The summed E-state index contributed by atoms with van der Waals surface area (Å²) in [7, 11) is 0. The number of carboxylic acids is 1. The van der Waals surface area contributed by atoms with Crippen molar-refractivity contribution in [2.75, 3.05) is 0 Å². The van der Waals surface area contributed by atoms with E-state index >= 15 is 0 Å². The van der Waals surface area contributed by atoms with Crippen LogP contribution in [-0.4, -0.2) is 50.8 Å². The molecule has 0 aliphatic rings. The number of rotatable bonds is 7. The number of esters is 3. The first kappa shape index (κ1) is 24.4. The van der Waals surface area contributed by atoms with E-state index in [2.05, 4.69) is 9.97 Å². The molecule has 172 valence electrons. The second-order valence-corrected chi connectivity index (χ2v) is 6.23. The van der Waals surface area contributed by atoms with Crippen molar-refractivity contribution >= 4 is 35.7 Å². The van der Waals surface area contributed by atoms with Gasteiger partial charge in [-0.05, 0) is 6.07 Å². The molecule has 0 aliphatic heterocycles. The van der Waals surface area contributed by atoms with E-state index in [0.717, 1.165) is 33.0 Å². The van der Waals surface area contributed by atoms with E-state index in [9.17, 15) is 33.9 Å². The summed E-state index contributed by atoms with van der Waals surface area (Å²) in [5, 5.41) is 9.63. The highest BCUT2D eigenvalue weighted by molar-refractivity contribution is 6.04. The lowest BCUT2D eigenvalue weighted by atomic mass is 10.0. The molecule has 1 aromatic heterocycles. The van der Waals surface area contributed by atoms with Crippen molar-refractivity contribution in [2.45, 2.75) is 20.8 Å². The van der Waals surface area contributed by atoms with E-state index in [1.165, 1.54) is 0 Å². The molecule has 2 amide bonds. The van der Waals surface area contributed by atoms with E-state index in [-0.39, 0.29) is 11.3 Å². The number of hydrogen-bond acceptors (Lipinski definition) is 11. The summed E-state index contributed by atoms with van der Waals surface area (Å²) in [6.45, 7) is 2.89. The number of amides is 2. The topological polar surface area (TPSA) is 228 Å². The van der Waals surface area contributed by atoms with Gasteiger partial charge in [-0.15, -0.1) is 0 Å². The summed E-state index contributed by atoms with van der Waals surface area (Å²) in [5.74, 6) is -8.91. The Morgan fingerprint density at radius 1 is 0.788 bits per heavy atom. The Hall–Kier alpha value is -4.88. The molecule has 0 saturated heterocycles. The number of primary amides is 2. The molecule has 2 rings (SSSR count). The number of nitrogens with two attached hydrogens (primary N) is 2. The maximum absolute atomic E-state index is 11.9. The first-order chi connectivity index (χ1) is 15.3. The molecule has 0 unspecified atom stereocenters. The highest BCUT2D eigenvalue weighted by Crippen LogP contribution is 2.47. The average Bonchev–Trinajstić information content (AvgIpc) is 2.68. The van der Waals surface area contributed by atoms with E-state index in [1.54, 1.807) is 0 Å². The van der Waals surface area contributed by atoms with Crippen molar-refractivity contribution in [3.8, 4) is 28.5 Å². The highest BCUT2D eigenvalue weighted by Gasteiger charge is 2.31. The van der Waals surface area contributed by atoms with Crippen LogP contribution in [0.5, 0.6) is 17.2 Å². The van der Waals surface area contributed by atoms with Gasteiger partial charge in [-0.2, -0.15) is 0 Å². The quantitative estimate of drug-likeness (QED) is 0.361. The van der Waals surface area contributed by atoms with Crippen LogP contribution >= 0.6 is 0 Å². The Morgan fingerprint density at radius 2 is 1.27 bits per heavy atom. The van der Waals surface area contributed by atoms with Gasteiger partial charge < -0.3 is 30.8 Å². The first-order valence-electron chi connectivity index (χ1n) is 8.80. The smallest absolute Gasteiger partial charge is 0.339 e. The van der Waals surface area contributed by atoms with Crippen molar-refractivity contribution in [2.24, 2.45) is 11.5 Å². The van der Waals surface area contributed by atoms with Crippen LogP contribution in [0.3, 0.4) is 0 Å². The van der Waals surface area contributed by atoms with Gasteiger partial charge in [-0.25, -0.2) is 14.8 Å². The first-order valence-corrected chi connectivity index (χ1v) is 8.80. The molecule has 33 heavy (non-hydrogen) atoms. The molecule has 5 N–H and O–H groups in total. The zero-order valence-electron chi connectivity index (χ0n) is 17.3. The standard InChI is InChI=1S/C19H16N4O10/c1-6(24)31-14-9(11-5-22-12(17(20)27)13(23-11)18(21)28)4-10(19(29)30)15(32-7(2)25)16(14)33-8(3)26/h4-5H,1-3H3,(H2,20,27)(H2,21,28)(H,29,30). The van der Waals surface area contributed by atoms with Gasteiger partial charge in [0, 0.05) is 26.3 Å². The van der Waals surface area contributed by atoms with Gasteiger partial charge in [0.1, 0.15) is 5.56 Å². The molecule has 1 heterocycles. The van der Waals surface area contributed by atoms with Gasteiger partial charge in [0.25, 0.3) is 11.8 Å². The predicted molar refractivity (Wildman–Crippen MR) is 105 cm³/mol. The molecule has 0 spiro atoms. The number of aromatic nitrogens is 2. The Kier molecular flexibility index (Phi) is 7.03. The minimum absolute atomic E-state index is 0.324. The minimum Gasteiger partial charge on any atom is -0.478 e. The normalized spacial score (nSPS) is 10.2. The molecular formula is C19H16N4O10. The lowest BCUT2D eigenvalue weighted by molar-refractivity contribution is -0.135. The van der Waals surface area contributed by atoms with E-state index < -0.39 is 69.9 Å². The molecule has 14 heteroatoms. The van der Waals surface area contributed by atoms with Crippen molar-refractivity contribution in [3.05, 3.63) is 29.2 Å². The third kappa shape index (κ3) is 5.43. The molecule has 0 radical (unpaired) electrons. The van der Waals surface area contributed by atoms with Crippen molar-refractivity contribution in [1.82, 2.24) is 9.97 Å². The lowest BCUT2D eigenvalue weighted by Crippen LogP contribution is -2.24. The molecule has 0 aliphatic carbocycles. The van der Waals surface area contributed by atoms with Crippen LogP contribution in [0.1, 0.15) is 52.1 Å². The molecular weight excluding hydrogens is 444 g/mol. The molecule has 0 atom stereocenters. The third-order valence-electron chi connectivity index (χ3n) is 3.67. The number of benzene rings is 1. The fourth-order valence-corrected chi connectivity index (χ4v) is 2.57. The number of carbonyl (C=O) groups excluding carboxylic acids is 5. The Labute approximate surface area is 184 Å². The summed E-state index contributed by atoms with van der Waals surface area (Å²) in [4.78, 5) is 77.7. The predicted octanol–water partition coefficient (Wildman–Crippen LogP) is -0.184. The fourth-order valence-electron chi connectivity index (χ4n) is 2.57. The third-order valence-corrected chi connectivity index (χ3v) is 3.67. The van der Waals surface area contributed by atoms with Gasteiger partial charge in [-0.1, -0.05) is 0 Å².